The van der Waals surface area contributed by atoms with E-state index in [0.717, 1.165) is 36.5 Å². The quantitative estimate of drug-likeness (QED) is 0.587. The number of nitrogens with one attached hydrogen (secondary N) is 2. The number of carbonyl (C=O) groups excluding carboxylic acids is 3. The second-order valence-corrected chi connectivity index (χ2v) is 7.69. The van der Waals surface area contributed by atoms with E-state index in [1.165, 1.54) is 0 Å². The Hall–Kier alpha value is -3.67. The van der Waals surface area contributed by atoms with Crippen molar-refractivity contribution in [2.75, 3.05) is 11.9 Å². The van der Waals surface area contributed by atoms with Gasteiger partial charge in [-0.05, 0) is 47.9 Å². The van der Waals surface area contributed by atoms with Crippen molar-refractivity contribution < 1.29 is 19.1 Å². The van der Waals surface area contributed by atoms with Gasteiger partial charge in [0, 0.05) is 6.04 Å². The molecule has 2 N–H and O–H groups in total. The van der Waals surface area contributed by atoms with E-state index in [1.54, 1.807) is 36.4 Å². The van der Waals surface area contributed by atoms with Crippen molar-refractivity contribution in [1.29, 1.82) is 0 Å². The number of amides is 2. The van der Waals surface area contributed by atoms with Gasteiger partial charge in [0.05, 0.1) is 16.8 Å². The fraction of sp³-hybridized carbons (Fsp3) is 0.240. The number of carbonyl (C=O) groups is 3. The van der Waals surface area contributed by atoms with Crippen LogP contribution in [0.4, 0.5) is 5.69 Å². The number of fused-ring (bicyclic) bond motifs is 1. The van der Waals surface area contributed by atoms with E-state index in [1.807, 2.05) is 30.3 Å². The van der Waals surface area contributed by atoms with E-state index in [4.69, 9.17) is 4.74 Å². The van der Waals surface area contributed by atoms with Gasteiger partial charge in [-0.15, -0.1) is 0 Å². The van der Waals surface area contributed by atoms with E-state index in [2.05, 4.69) is 10.6 Å². The van der Waals surface area contributed by atoms with Crippen LogP contribution in [0.15, 0.2) is 66.7 Å². The van der Waals surface area contributed by atoms with Crippen LogP contribution >= 0.6 is 0 Å². The Morgan fingerprint density at radius 1 is 0.871 bits per heavy atom. The van der Waals surface area contributed by atoms with Crippen LogP contribution in [-0.2, 0) is 9.53 Å². The van der Waals surface area contributed by atoms with Crippen molar-refractivity contribution in [2.24, 2.45) is 0 Å². The van der Waals surface area contributed by atoms with E-state index in [9.17, 15) is 14.4 Å². The third kappa shape index (κ3) is 5.09. The van der Waals surface area contributed by atoms with Gasteiger partial charge in [0.15, 0.2) is 6.61 Å². The Balaban J connectivity index is 1.36. The molecule has 31 heavy (non-hydrogen) atoms. The molecule has 4 rings (SSSR count). The molecule has 3 aromatic carbocycles. The Morgan fingerprint density at radius 2 is 1.58 bits per heavy atom. The number of benzene rings is 3. The molecule has 1 aliphatic rings. The third-order valence-corrected chi connectivity index (χ3v) is 5.46. The van der Waals surface area contributed by atoms with Crippen LogP contribution in [-0.4, -0.2) is 30.4 Å². The first-order valence-electron chi connectivity index (χ1n) is 10.5. The molecule has 6 nitrogen and oxygen atoms in total. The van der Waals surface area contributed by atoms with Crippen LogP contribution in [0, 0.1) is 0 Å². The first kappa shape index (κ1) is 20.6. The van der Waals surface area contributed by atoms with Gasteiger partial charge in [-0.3, -0.25) is 9.59 Å². The van der Waals surface area contributed by atoms with Crippen molar-refractivity contribution in [3.63, 3.8) is 0 Å². The largest absolute Gasteiger partial charge is 0.452 e. The zero-order chi connectivity index (χ0) is 21.6. The van der Waals surface area contributed by atoms with Gasteiger partial charge >= 0.3 is 5.97 Å². The number of rotatable bonds is 6. The van der Waals surface area contributed by atoms with Crippen molar-refractivity contribution in [1.82, 2.24) is 5.32 Å². The molecule has 158 valence electrons. The summed E-state index contributed by atoms with van der Waals surface area (Å²) < 4.78 is 5.17. The van der Waals surface area contributed by atoms with E-state index in [0.29, 0.717) is 16.8 Å². The number of esters is 1. The van der Waals surface area contributed by atoms with Crippen LogP contribution < -0.4 is 10.6 Å². The van der Waals surface area contributed by atoms with Crippen LogP contribution in [0.5, 0.6) is 0 Å². The van der Waals surface area contributed by atoms with Gasteiger partial charge in [0.1, 0.15) is 0 Å². The maximum Gasteiger partial charge on any atom is 0.338 e. The summed E-state index contributed by atoms with van der Waals surface area (Å²) in [6, 6.07) is 19.9. The number of hydrogen-bond donors (Lipinski definition) is 2. The molecule has 1 fully saturated rings. The van der Waals surface area contributed by atoms with Gasteiger partial charge in [-0.2, -0.15) is 0 Å². The van der Waals surface area contributed by atoms with Gasteiger partial charge in [-0.25, -0.2) is 4.79 Å². The Morgan fingerprint density at radius 3 is 2.39 bits per heavy atom. The SMILES string of the molecule is O=C(COC(=O)c1ccc2ccccc2c1)Nc1ccccc1C(=O)NC1CCCC1. The molecule has 2 amide bonds. The van der Waals surface area contributed by atoms with Crippen molar-refractivity contribution in [3.05, 3.63) is 77.9 Å². The number of para-hydroxylation sites is 1. The minimum Gasteiger partial charge on any atom is -0.452 e. The lowest BCUT2D eigenvalue weighted by atomic mass is 10.1. The number of hydrogen-bond acceptors (Lipinski definition) is 4. The molecule has 3 aromatic rings. The summed E-state index contributed by atoms with van der Waals surface area (Å²) in [5.74, 6) is -1.29. The summed E-state index contributed by atoms with van der Waals surface area (Å²) in [4.78, 5) is 37.3. The molecule has 0 heterocycles. The van der Waals surface area contributed by atoms with E-state index in [-0.39, 0.29) is 11.9 Å². The summed E-state index contributed by atoms with van der Waals surface area (Å²) >= 11 is 0. The molecule has 0 aromatic heterocycles. The Labute approximate surface area is 180 Å². The molecule has 0 bridgehead atoms. The average Bonchev–Trinajstić information content (AvgIpc) is 3.30. The third-order valence-electron chi connectivity index (χ3n) is 5.46. The topological polar surface area (TPSA) is 84.5 Å². The lowest BCUT2D eigenvalue weighted by Gasteiger charge is -2.15. The normalized spacial score (nSPS) is 13.7. The first-order valence-corrected chi connectivity index (χ1v) is 10.5. The molecule has 6 heteroatoms. The van der Waals surface area contributed by atoms with Crippen molar-refractivity contribution in [3.8, 4) is 0 Å². The highest BCUT2D eigenvalue weighted by atomic mass is 16.5. The van der Waals surface area contributed by atoms with E-state index >= 15 is 0 Å². The lowest BCUT2D eigenvalue weighted by molar-refractivity contribution is -0.119. The molecule has 0 spiro atoms. The van der Waals surface area contributed by atoms with Gasteiger partial charge in [0.25, 0.3) is 11.8 Å². The highest BCUT2D eigenvalue weighted by Crippen LogP contribution is 2.20. The second kappa shape index (κ2) is 9.43. The van der Waals surface area contributed by atoms with Crippen molar-refractivity contribution in [2.45, 2.75) is 31.7 Å². The molecule has 0 radical (unpaired) electrons. The van der Waals surface area contributed by atoms with Crippen LogP contribution in [0.25, 0.3) is 10.8 Å². The smallest absolute Gasteiger partial charge is 0.338 e. The Bertz CT molecular complexity index is 1120. The van der Waals surface area contributed by atoms with Crippen LogP contribution in [0.3, 0.4) is 0 Å². The summed E-state index contributed by atoms with van der Waals surface area (Å²) in [5, 5.41) is 7.63. The molecule has 1 saturated carbocycles. The minimum absolute atomic E-state index is 0.180. The van der Waals surface area contributed by atoms with Crippen molar-refractivity contribution >= 4 is 34.2 Å². The summed E-state index contributed by atoms with van der Waals surface area (Å²) in [5.41, 5.74) is 1.16. The van der Waals surface area contributed by atoms with Gasteiger partial charge in [0.2, 0.25) is 0 Å². The summed E-state index contributed by atoms with van der Waals surface area (Å²) in [7, 11) is 0. The molecular weight excluding hydrogens is 392 g/mol. The van der Waals surface area contributed by atoms with Gasteiger partial charge < -0.3 is 15.4 Å². The first-order chi connectivity index (χ1) is 15.1. The average molecular weight is 416 g/mol. The zero-order valence-electron chi connectivity index (χ0n) is 17.1. The highest BCUT2D eigenvalue weighted by molar-refractivity contribution is 6.04. The molecule has 0 saturated heterocycles. The summed E-state index contributed by atoms with van der Waals surface area (Å²) in [6.07, 6.45) is 4.19. The minimum atomic E-state index is -0.576. The summed E-state index contributed by atoms with van der Waals surface area (Å²) in [6.45, 7) is -0.440. The fourth-order valence-corrected chi connectivity index (χ4v) is 3.84. The predicted molar refractivity (Wildman–Crippen MR) is 119 cm³/mol. The maximum absolute atomic E-state index is 12.6. The molecule has 1 aliphatic carbocycles. The second-order valence-electron chi connectivity index (χ2n) is 7.69. The number of anilines is 1. The molecule has 0 atom stereocenters. The van der Waals surface area contributed by atoms with Gasteiger partial charge in [-0.1, -0.05) is 55.3 Å². The maximum atomic E-state index is 12.6. The van der Waals surface area contributed by atoms with Crippen LogP contribution in [0.2, 0.25) is 0 Å². The monoisotopic (exact) mass is 416 g/mol. The molecular formula is C25H24N2O4. The molecule has 0 aliphatic heterocycles. The zero-order valence-corrected chi connectivity index (χ0v) is 17.1. The number of ether oxygens (including phenoxy) is 1. The lowest BCUT2D eigenvalue weighted by Crippen LogP contribution is -2.33. The fourth-order valence-electron chi connectivity index (χ4n) is 3.84. The van der Waals surface area contributed by atoms with Crippen LogP contribution in [0.1, 0.15) is 46.4 Å². The Kier molecular flexibility index (Phi) is 6.26. The predicted octanol–water partition coefficient (Wildman–Crippen LogP) is 4.31. The standard InChI is InChI=1S/C25H24N2O4/c28-23(16-31-25(30)19-14-13-17-7-1-2-8-18(17)15-19)27-22-12-6-5-11-21(22)24(29)26-20-9-3-4-10-20/h1-2,5-8,11-15,20H,3-4,9-10,16H2,(H,26,29)(H,27,28). The molecule has 0 unspecified atom stereocenters. The van der Waals surface area contributed by atoms with E-state index < -0.39 is 18.5 Å². The highest BCUT2D eigenvalue weighted by Gasteiger charge is 2.20.